The molecule has 0 aliphatic heterocycles. The maximum Gasteiger partial charge on any atom is 0.343 e. The number of nitriles is 1. The molecule has 5 nitrogen and oxygen atoms in total. The van der Waals surface area contributed by atoms with Crippen molar-refractivity contribution in [2.45, 2.75) is 6.92 Å². The number of hydrogen-bond donors (Lipinski definition) is 1. The van der Waals surface area contributed by atoms with Crippen LogP contribution in [-0.2, 0) is 4.79 Å². The third kappa shape index (κ3) is 5.15. The molecular formula is C28H20N2O3. The van der Waals surface area contributed by atoms with Crippen molar-refractivity contribution in [3.63, 3.8) is 0 Å². The number of esters is 1. The number of amides is 1. The minimum Gasteiger partial charge on any atom is -0.423 e. The number of carbonyl (C=O) groups is 2. The molecule has 4 aromatic carbocycles. The molecular weight excluding hydrogens is 412 g/mol. The topological polar surface area (TPSA) is 79.2 Å². The van der Waals surface area contributed by atoms with Gasteiger partial charge in [-0.2, -0.15) is 5.26 Å². The van der Waals surface area contributed by atoms with Crippen molar-refractivity contribution in [3.8, 4) is 11.8 Å². The van der Waals surface area contributed by atoms with Gasteiger partial charge >= 0.3 is 5.97 Å². The van der Waals surface area contributed by atoms with Crippen LogP contribution in [0.1, 0.15) is 21.5 Å². The van der Waals surface area contributed by atoms with Gasteiger partial charge in [-0.05, 0) is 54.3 Å². The standard InChI is InChI=1S/C28H20N2O3/c1-19-9-13-22(14-10-19)28(32)33-24-15-11-20(12-16-24)17-23(18-29)27(31)30-26-8-4-6-21-5-2-3-7-25(21)26/h2-17H,1H3,(H,30,31)/b23-17+. The van der Waals surface area contributed by atoms with Crippen LogP contribution in [0.15, 0.2) is 96.6 Å². The Morgan fingerprint density at radius 1 is 0.879 bits per heavy atom. The molecule has 0 aliphatic rings. The number of carbonyl (C=O) groups excluding carboxylic acids is 2. The fraction of sp³-hybridized carbons (Fsp3) is 0.0357. The van der Waals surface area contributed by atoms with Crippen molar-refractivity contribution in [3.05, 3.63) is 113 Å². The second-order valence-corrected chi connectivity index (χ2v) is 7.48. The third-order valence-electron chi connectivity index (χ3n) is 5.09. The van der Waals surface area contributed by atoms with E-state index in [4.69, 9.17) is 4.74 Å². The molecule has 0 heterocycles. The van der Waals surface area contributed by atoms with Crippen molar-refractivity contribution < 1.29 is 14.3 Å². The molecule has 0 fully saturated rings. The number of anilines is 1. The fourth-order valence-corrected chi connectivity index (χ4v) is 3.33. The highest BCUT2D eigenvalue weighted by Gasteiger charge is 2.12. The summed E-state index contributed by atoms with van der Waals surface area (Å²) in [7, 11) is 0. The summed E-state index contributed by atoms with van der Waals surface area (Å²) in [5.41, 5.74) is 2.75. The Morgan fingerprint density at radius 2 is 1.58 bits per heavy atom. The second-order valence-electron chi connectivity index (χ2n) is 7.48. The second kappa shape index (κ2) is 9.63. The van der Waals surface area contributed by atoms with Crippen LogP contribution in [0.5, 0.6) is 5.75 Å². The number of ether oxygens (including phenoxy) is 1. The zero-order valence-electron chi connectivity index (χ0n) is 17.9. The highest BCUT2D eigenvalue weighted by atomic mass is 16.5. The van der Waals surface area contributed by atoms with Gasteiger partial charge in [-0.15, -0.1) is 0 Å². The molecule has 1 N–H and O–H groups in total. The van der Waals surface area contributed by atoms with Gasteiger partial charge in [-0.1, -0.05) is 66.2 Å². The minimum atomic E-state index is -0.497. The molecule has 33 heavy (non-hydrogen) atoms. The van der Waals surface area contributed by atoms with E-state index in [0.717, 1.165) is 16.3 Å². The van der Waals surface area contributed by atoms with E-state index in [9.17, 15) is 14.9 Å². The van der Waals surface area contributed by atoms with Crippen LogP contribution in [-0.4, -0.2) is 11.9 Å². The monoisotopic (exact) mass is 432 g/mol. The first-order valence-corrected chi connectivity index (χ1v) is 10.3. The van der Waals surface area contributed by atoms with Gasteiger partial charge in [0.1, 0.15) is 17.4 Å². The number of nitrogens with one attached hydrogen (secondary N) is 1. The Labute approximate surface area is 191 Å². The van der Waals surface area contributed by atoms with Gasteiger partial charge in [-0.25, -0.2) is 4.79 Å². The summed E-state index contributed by atoms with van der Waals surface area (Å²) in [5, 5.41) is 14.2. The normalized spacial score (nSPS) is 11.0. The molecule has 4 rings (SSSR count). The lowest BCUT2D eigenvalue weighted by molar-refractivity contribution is -0.112. The molecule has 1 amide bonds. The van der Waals surface area contributed by atoms with Gasteiger partial charge in [0.25, 0.3) is 5.91 Å². The Morgan fingerprint density at radius 3 is 2.30 bits per heavy atom. The van der Waals surface area contributed by atoms with E-state index >= 15 is 0 Å². The first-order valence-electron chi connectivity index (χ1n) is 10.3. The van der Waals surface area contributed by atoms with Crippen LogP contribution in [0.3, 0.4) is 0 Å². The molecule has 0 spiro atoms. The summed E-state index contributed by atoms with van der Waals surface area (Å²) < 4.78 is 5.39. The van der Waals surface area contributed by atoms with Crippen LogP contribution in [0, 0.1) is 18.3 Å². The van der Waals surface area contributed by atoms with Crippen LogP contribution in [0.25, 0.3) is 16.8 Å². The van der Waals surface area contributed by atoms with E-state index in [-0.39, 0.29) is 5.57 Å². The van der Waals surface area contributed by atoms with Crippen LogP contribution in [0.4, 0.5) is 5.69 Å². The van der Waals surface area contributed by atoms with Crippen molar-refractivity contribution in [1.82, 2.24) is 0 Å². The summed E-state index contributed by atoms with van der Waals surface area (Å²) >= 11 is 0. The van der Waals surface area contributed by atoms with Gasteiger partial charge in [0.2, 0.25) is 0 Å². The zero-order chi connectivity index (χ0) is 23.2. The molecule has 0 radical (unpaired) electrons. The molecule has 5 heteroatoms. The lowest BCUT2D eigenvalue weighted by Gasteiger charge is -2.08. The molecule has 0 bridgehead atoms. The Balaban J connectivity index is 1.47. The summed E-state index contributed by atoms with van der Waals surface area (Å²) in [4.78, 5) is 25.0. The molecule has 0 aliphatic carbocycles. The Hall–Kier alpha value is -4.69. The summed E-state index contributed by atoms with van der Waals surface area (Å²) in [6.07, 6.45) is 1.49. The smallest absolute Gasteiger partial charge is 0.343 e. The molecule has 160 valence electrons. The Kier molecular flexibility index (Phi) is 6.28. The summed E-state index contributed by atoms with van der Waals surface area (Å²) in [6, 6.07) is 29.0. The lowest BCUT2D eigenvalue weighted by Crippen LogP contribution is -2.13. The predicted octanol–water partition coefficient (Wildman–Crippen LogP) is 5.91. The van der Waals surface area contributed by atoms with E-state index < -0.39 is 11.9 Å². The lowest BCUT2D eigenvalue weighted by atomic mass is 10.1. The van der Waals surface area contributed by atoms with Crippen molar-refractivity contribution in [1.29, 1.82) is 5.26 Å². The van der Waals surface area contributed by atoms with Gasteiger partial charge in [0.05, 0.1) is 5.56 Å². The summed E-state index contributed by atoms with van der Waals surface area (Å²) in [5.74, 6) is -0.578. The number of benzene rings is 4. The van der Waals surface area contributed by atoms with Crippen molar-refractivity contribution in [2.24, 2.45) is 0 Å². The zero-order valence-corrected chi connectivity index (χ0v) is 17.9. The molecule has 0 unspecified atom stereocenters. The molecule has 0 aromatic heterocycles. The average molecular weight is 432 g/mol. The van der Waals surface area contributed by atoms with E-state index in [1.54, 1.807) is 42.5 Å². The maximum atomic E-state index is 12.7. The van der Waals surface area contributed by atoms with Gasteiger partial charge < -0.3 is 10.1 Å². The van der Waals surface area contributed by atoms with Crippen LogP contribution >= 0.6 is 0 Å². The number of nitrogens with zero attached hydrogens (tertiary/aromatic N) is 1. The highest BCUT2D eigenvalue weighted by molar-refractivity contribution is 6.12. The Bertz CT molecular complexity index is 1390. The molecule has 0 saturated carbocycles. The van der Waals surface area contributed by atoms with E-state index in [2.05, 4.69) is 5.32 Å². The quantitative estimate of drug-likeness (QED) is 0.184. The van der Waals surface area contributed by atoms with Gasteiger partial charge in [0.15, 0.2) is 0 Å². The fourth-order valence-electron chi connectivity index (χ4n) is 3.33. The largest absolute Gasteiger partial charge is 0.423 e. The van der Waals surface area contributed by atoms with E-state index in [0.29, 0.717) is 22.6 Å². The number of rotatable bonds is 5. The number of hydrogen-bond acceptors (Lipinski definition) is 4. The first-order chi connectivity index (χ1) is 16.0. The highest BCUT2D eigenvalue weighted by Crippen LogP contribution is 2.24. The average Bonchev–Trinajstić information content (AvgIpc) is 2.84. The predicted molar refractivity (Wildman–Crippen MR) is 129 cm³/mol. The SMILES string of the molecule is Cc1ccc(C(=O)Oc2ccc(/C=C(\C#N)C(=O)Nc3cccc4ccccc34)cc2)cc1. The van der Waals surface area contributed by atoms with Crippen LogP contribution in [0.2, 0.25) is 0 Å². The molecule has 0 atom stereocenters. The van der Waals surface area contributed by atoms with Crippen LogP contribution < -0.4 is 10.1 Å². The maximum absolute atomic E-state index is 12.7. The molecule has 0 saturated heterocycles. The third-order valence-corrected chi connectivity index (χ3v) is 5.09. The minimum absolute atomic E-state index is 0.0349. The van der Waals surface area contributed by atoms with Crippen molar-refractivity contribution >= 4 is 34.4 Å². The van der Waals surface area contributed by atoms with Gasteiger partial charge in [0, 0.05) is 11.1 Å². The summed E-state index contributed by atoms with van der Waals surface area (Å²) in [6.45, 7) is 1.94. The first kappa shape index (κ1) is 21.5. The number of fused-ring (bicyclic) bond motifs is 1. The number of aryl methyl sites for hydroxylation is 1. The van der Waals surface area contributed by atoms with Crippen molar-refractivity contribution in [2.75, 3.05) is 5.32 Å². The van der Waals surface area contributed by atoms with Gasteiger partial charge in [-0.3, -0.25) is 4.79 Å². The van der Waals surface area contributed by atoms with E-state index in [1.807, 2.05) is 61.5 Å². The molecule has 4 aromatic rings. The van der Waals surface area contributed by atoms with E-state index in [1.165, 1.54) is 6.08 Å².